The Morgan fingerprint density at radius 2 is 1.41 bits per heavy atom. The van der Waals surface area contributed by atoms with Crippen molar-refractivity contribution in [1.29, 1.82) is 0 Å². The molecule has 2 N–H and O–H groups in total. The number of fused-ring (bicyclic) bond motifs is 10. The van der Waals surface area contributed by atoms with Crippen molar-refractivity contribution < 1.29 is 19.1 Å². The molecule has 6 atom stereocenters. The first-order valence-electron chi connectivity index (χ1n) is 16.1. The molecular weight excluding hydrogens is 552 g/mol. The van der Waals surface area contributed by atoms with Gasteiger partial charge < -0.3 is 20.1 Å². The summed E-state index contributed by atoms with van der Waals surface area (Å²) in [5.41, 5.74) is 7.93. The zero-order chi connectivity index (χ0) is 29.8. The summed E-state index contributed by atoms with van der Waals surface area (Å²) < 4.78 is 10.7. The van der Waals surface area contributed by atoms with Gasteiger partial charge in [0.15, 0.2) is 0 Å². The highest BCUT2D eigenvalue weighted by molar-refractivity contribution is 5.81. The molecular formula is C36H38N4O4. The predicted octanol–water partition coefficient (Wildman–Crippen LogP) is 5.95. The Morgan fingerprint density at radius 3 is 2.23 bits per heavy atom. The van der Waals surface area contributed by atoms with E-state index >= 15 is 0 Å². The molecule has 3 fully saturated rings. The number of para-hydroxylation sites is 2. The molecule has 6 aliphatic rings. The van der Waals surface area contributed by atoms with E-state index < -0.39 is 5.41 Å². The number of nitrogens with one attached hydrogen (secondary N) is 2. The van der Waals surface area contributed by atoms with Crippen LogP contribution in [0.1, 0.15) is 59.9 Å². The van der Waals surface area contributed by atoms with Crippen molar-refractivity contribution in [1.82, 2.24) is 9.80 Å². The van der Waals surface area contributed by atoms with E-state index in [1.807, 2.05) is 15.9 Å². The molecule has 9 rings (SSSR count). The summed E-state index contributed by atoms with van der Waals surface area (Å²) in [6, 6.07) is 24.3. The number of carbonyl (C=O) groups excluding carboxylic acids is 2. The average molecular weight is 591 g/mol. The van der Waals surface area contributed by atoms with Crippen molar-refractivity contribution >= 4 is 23.6 Å². The zero-order valence-electron chi connectivity index (χ0n) is 25.3. The van der Waals surface area contributed by atoms with Crippen LogP contribution < -0.4 is 10.6 Å². The number of benzene rings is 3. The summed E-state index contributed by atoms with van der Waals surface area (Å²) >= 11 is 0. The van der Waals surface area contributed by atoms with Crippen LogP contribution in [0.2, 0.25) is 0 Å². The van der Waals surface area contributed by atoms with E-state index in [4.69, 9.17) is 9.47 Å². The minimum atomic E-state index is -0.473. The third-order valence-electron chi connectivity index (χ3n) is 12.5. The number of anilines is 2. The molecule has 1 saturated carbocycles. The molecule has 0 spiro atoms. The fourth-order valence-electron chi connectivity index (χ4n) is 11.1. The number of nitrogens with zero attached hydrogens (tertiary/aromatic N) is 2. The van der Waals surface area contributed by atoms with Gasteiger partial charge in [-0.15, -0.1) is 0 Å². The summed E-state index contributed by atoms with van der Waals surface area (Å²) in [6.45, 7) is 1.24. The maximum Gasteiger partial charge on any atom is 0.411 e. The number of hydrogen-bond donors (Lipinski definition) is 2. The van der Waals surface area contributed by atoms with Gasteiger partial charge in [-0.25, -0.2) is 9.59 Å². The van der Waals surface area contributed by atoms with Crippen molar-refractivity contribution in [2.75, 3.05) is 37.9 Å². The lowest BCUT2D eigenvalue weighted by Crippen LogP contribution is -2.57. The number of methoxy groups -OCH3 is 2. The van der Waals surface area contributed by atoms with Gasteiger partial charge in [-0.3, -0.25) is 9.80 Å². The van der Waals surface area contributed by atoms with E-state index in [-0.39, 0.29) is 35.3 Å². The standard InChI is InChI=1S/C36H38N4O4/c1-43-32(41)39-19-17-34(25-12-5-6-15-28(25)37-30(34)39)26-13-7-14-27-29(26)38-31-36(27,18-20-40(31)33(42)44-2)35-16-8-10-23(35)21-22-9-3-4-11-24(22)35/h3-7,9,11-15,23,30-31,37-38H,8,10,16-21H2,1-2H3/t23-,30+,31-,34+,35+,36+/m0/s1. The first-order valence-corrected chi connectivity index (χ1v) is 16.1. The maximum atomic E-state index is 13.4. The second-order valence-electron chi connectivity index (χ2n) is 13.6. The van der Waals surface area contributed by atoms with E-state index in [2.05, 4.69) is 71.3 Å². The number of ether oxygens (including phenoxy) is 2. The molecule has 4 heterocycles. The highest BCUT2D eigenvalue weighted by Gasteiger charge is 2.71. The zero-order valence-corrected chi connectivity index (χ0v) is 25.3. The van der Waals surface area contributed by atoms with Gasteiger partial charge in [0.1, 0.15) is 12.3 Å². The fraction of sp³-hybridized carbons (Fsp3) is 0.444. The Hall–Kier alpha value is -4.20. The average Bonchev–Trinajstić information content (AvgIpc) is 3.87. The molecule has 0 bridgehead atoms. The third kappa shape index (κ3) is 2.86. The summed E-state index contributed by atoms with van der Waals surface area (Å²) in [7, 11) is 2.94. The van der Waals surface area contributed by atoms with Gasteiger partial charge in [-0.05, 0) is 71.9 Å². The van der Waals surface area contributed by atoms with Crippen molar-refractivity contribution in [3.05, 3.63) is 94.5 Å². The molecule has 0 radical (unpaired) electrons. The Labute approximate surface area is 257 Å². The van der Waals surface area contributed by atoms with Crippen LogP contribution in [-0.4, -0.2) is 61.6 Å². The molecule has 2 saturated heterocycles. The monoisotopic (exact) mass is 590 g/mol. The number of carbonyl (C=O) groups is 2. The van der Waals surface area contributed by atoms with Gasteiger partial charge in [0, 0.05) is 35.3 Å². The lowest BCUT2D eigenvalue weighted by Gasteiger charge is -2.49. The molecule has 226 valence electrons. The van der Waals surface area contributed by atoms with Crippen LogP contribution in [0.5, 0.6) is 0 Å². The third-order valence-corrected chi connectivity index (χ3v) is 12.5. The molecule has 8 heteroatoms. The Bertz CT molecular complexity index is 1730. The Kier molecular flexibility index (Phi) is 5.32. The number of likely N-dealkylation sites (tertiary alicyclic amines) is 2. The number of rotatable bonds is 2. The molecule has 2 amide bonds. The van der Waals surface area contributed by atoms with Crippen molar-refractivity contribution in [2.24, 2.45) is 5.92 Å². The van der Waals surface area contributed by atoms with Gasteiger partial charge in [0.2, 0.25) is 0 Å². The topological polar surface area (TPSA) is 83.1 Å². The second kappa shape index (κ2) is 8.93. The minimum absolute atomic E-state index is 0.0788. The second-order valence-corrected chi connectivity index (χ2v) is 13.6. The number of amides is 2. The van der Waals surface area contributed by atoms with E-state index in [1.54, 1.807) is 0 Å². The van der Waals surface area contributed by atoms with E-state index in [0.29, 0.717) is 19.0 Å². The smallest absolute Gasteiger partial charge is 0.411 e. The highest BCUT2D eigenvalue weighted by atomic mass is 16.5. The van der Waals surface area contributed by atoms with E-state index in [1.165, 1.54) is 54.9 Å². The molecule has 44 heavy (non-hydrogen) atoms. The van der Waals surface area contributed by atoms with Crippen LogP contribution in [0.3, 0.4) is 0 Å². The quantitative estimate of drug-likeness (QED) is 0.384. The van der Waals surface area contributed by atoms with Gasteiger partial charge in [-0.1, -0.05) is 67.1 Å². The molecule has 0 aromatic heterocycles. The lowest BCUT2D eigenvalue weighted by molar-refractivity contribution is 0.0993. The van der Waals surface area contributed by atoms with Gasteiger partial charge in [-0.2, -0.15) is 0 Å². The van der Waals surface area contributed by atoms with E-state index in [9.17, 15) is 9.59 Å². The van der Waals surface area contributed by atoms with Crippen LogP contribution in [0.15, 0.2) is 66.7 Å². The first-order chi connectivity index (χ1) is 21.5. The Morgan fingerprint density at radius 1 is 0.727 bits per heavy atom. The molecule has 8 nitrogen and oxygen atoms in total. The molecule has 3 aromatic rings. The lowest BCUT2D eigenvalue weighted by atomic mass is 9.53. The van der Waals surface area contributed by atoms with Crippen LogP contribution in [0, 0.1) is 5.92 Å². The van der Waals surface area contributed by atoms with Gasteiger partial charge in [0.25, 0.3) is 0 Å². The van der Waals surface area contributed by atoms with Crippen molar-refractivity contribution in [3.8, 4) is 0 Å². The number of hydrogen-bond acceptors (Lipinski definition) is 6. The Balaban J connectivity index is 1.30. The first kappa shape index (κ1) is 26.2. The highest BCUT2D eigenvalue weighted by Crippen LogP contribution is 2.70. The maximum absolute atomic E-state index is 13.4. The largest absolute Gasteiger partial charge is 0.453 e. The van der Waals surface area contributed by atoms with Crippen LogP contribution in [0.25, 0.3) is 0 Å². The van der Waals surface area contributed by atoms with E-state index in [0.717, 1.165) is 37.1 Å². The summed E-state index contributed by atoms with van der Waals surface area (Å²) in [6.07, 6.45) is 5.13. The molecule has 0 unspecified atom stereocenters. The van der Waals surface area contributed by atoms with Crippen LogP contribution in [0.4, 0.5) is 21.0 Å². The van der Waals surface area contributed by atoms with Crippen LogP contribution >= 0.6 is 0 Å². The van der Waals surface area contributed by atoms with Crippen molar-refractivity contribution in [3.63, 3.8) is 0 Å². The van der Waals surface area contributed by atoms with Gasteiger partial charge >= 0.3 is 12.2 Å². The minimum Gasteiger partial charge on any atom is -0.453 e. The summed E-state index contributed by atoms with van der Waals surface area (Å²) in [5.74, 6) is 0.525. The summed E-state index contributed by atoms with van der Waals surface area (Å²) in [5, 5.41) is 7.73. The van der Waals surface area contributed by atoms with Gasteiger partial charge in [0.05, 0.1) is 19.6 Å². The summed E-state index contributed by atoms with van der Waals surface area (Å²) in [4.78, 5) is 30.3. The molecule has 3 aromatic carbocycles. The predicted molar refractivity (Wildman–Crippen MR) is 167 cm³/mol. The fourth-order valence-corrected chi connectivity index (χ4v) is 11.1. The SMILES string of the molecule is COC(=O)N1CC[C@]2(c3cccc4c3N[C@H]3N(C(=O)OC)CC[C@@]43[C@]34CCC[C@H]3Cc3ccccc34)c3ccccc3N[C@H]12. The normalized spacial score (nSPS) is 33.5. The van der Waals surface area contributed by atoms with Crippen molar-refractivity contribution in [2.45, 2.75) is 67.1 Å². The van der Waals surface area contributed by atoms with Crippen LogP contribution in [-0.2, 0) is 32.1 Å². The molecule has 4 aliphatic heterocycles. The molecule has 2 aliphatic carbocycles.